The summed E-state index contributed by atoms with van der Waals surface area (Å²) < 4.78 is 5.33. The van der Waals surface area contributed by atoms with Crippen molar-refractivity contribution in [3.63, 3.8) is 0 Å². The summed E-state index contributed by atoms with van der Waals surface area (Å²) in [6.07, 6.45) is 1.93. The van der Waals surface area contributed by atoms with Crippen LogP contribution in [0.5, 0.6) is 5.75 Å². The Kier molecular flexibility index (Phi) is 6.75. The Morgan fingerprint density at radius 1 is 1.21 bits per heavy atom. The number of ether oxygens (including phenoxy) is 1. The molecule has 0 aliphatic heterocycles. The van der Waals surface area contributed by atoms with Gasteiger partial charge in [0.1, 0.15) is 5.75 Å². The average Bonchev–Trinajstić information content (AvgIpc) is 2.66. The van der Waals surface area contributed by atoms with E-state index in [1.807, 2.05) is 0 Å². The summed E-state index contributed by atoms with van der Waals surface area (Å²) in [5, 5.41) is 11.9. The number of carbonyl (C=O) groups excluding carboxylic acids is 1. The van der Waals surface area contributed by atoms with Crippen LogP contribution in [0.1, 0.15) is 29.3 Å². The van der Waals surface area contributed by atoms with E-state index >= 15 is 0 Å². The van der Waals surface area contributed by atoms with Crippen LogP contribution < -0.4 is 21.5 Å². The van der Waals surface area contributed by atoms with Gasteiger partial charge >= 0.3 is 5.97 Å². The van der Waals surface area contributed by atoms with Crippen molar-refractivity contribution in [3.8, 4) is 5.75 Å². The number of nitrogens with one attached hydrogen (secondary N) is 1. The molecule has 0 fully saturated rings. The predicted octanol–water partition coefficient (Wildman–Crippen LogP) is 2.73. The quantitative estimate of drug-likeness (QED) is 0.330. The fourth-order valence-corrected chi connectivity index (χ4v) is 2.48. The smallest absolute Gasteiger partial charge is 0.331 e. The fraction of sp³-hybridized carbons (Fsp3) is 0.150. The summed E-state index contributed by atoms with van der Waals surface area (Å²) in [7, 11) is 1.48. The highest BCUT2D eigenvalue weighted by atomic mass is 16.5. The first kappa shape index (κ1) is 20.5. The van der Waals surface area contributed by atoms with Crippen LogP contribution in [0.2, 0.25) is 0 Å². The molecule has 28 heavy (non-hydrogen) atoms. The van der Waals surface area contributed by atoms with Crippen LogP contribution in [0.3, 0.4) is 0 Å². The number of amides is 1. The molecule has 0 saturated carbocycles. The summed E-state index contributed by atoms with van der Waals surface area (Å²) in [6, 6.07) is 11.5. The van der Waals surface area contributed by atoms with Crippen LogP contribution in [-0.4, -0.2) is 30.1 Å². The molecule has 0 saturated heterocycles. The number of methoxy groups -OCH3 is 1. The summed E-state index contributed by atoms with van der Waals surface area (Å²) in [5.41, 5.74) is 12.9. The number of aliphatic carboxylic acids is 1. The van der Waals surface area contributed by atoms with Gasteiger partial charge in [-0.3, -0.25) is 4.79 Å². The van der Waals surface area contributed by atoms with Crippen molar-refractivity contribution in [2.75, 3.05) is 12.4 Å². The largest absolute Gasteiger partial charge is 0.496 e. The number of carbonyl (C=O) groups is 2. The van der Waals surface area contributed by atoms with Gasteiger partial charge in [0.05, 0.1) is 12.8 Å². The maximum Gasteiger partial charge on any atom is 0.331 e. The Hall–Kier alpha value is -3.81. The van der Waals surface area contributed by atoms with Crippen LogP contribution in [0.15, 0.2) is 53.0 Å². The lowest BCUT2D eigenvalue weighted by Crippen LogP contribution is -2.21. The molecule has 2 aromatic rings. The van der Waals surface area contributed by atoms with Crippen molar-refractivity contribution in [3.05, 3.63) is 59.2 Å². The zero-order valence-corrected chi connectivity index (χ0v) is 15.6. The number of anilines is 1. The van der Waals surface area contributed by atoms with E-state index < -0.39 is 5.97 Å². The Balaban J connectivity index is 2.26. The van der Waals surface area contributed by atoms with E-state index in [-0.39, 0.29) is 17.4 Å². The van der Waals surface area contributed by atoms with E-state index in [0.29, 0.717) is 34.7 Å². The molecule has 0 aliphatic rings. The third-order valence-corrected chi connectivity index (χ3v) is 3.84. The molecule has 0 bridgehead atoms. The number of guanidine groups is 1. The number of nitrogens with zero attached hydrogens (tertiary/aromatic N) is 1. The van der Waals surface area contributed by atoms with E-state index in [9.17, 15) is 14.7 Å². The molecule has 0 aliphatic carbocycles. The van der Waals surface area contributed by atoms with Gasteiger partial charge in [0.2, 0.25) is 0 Å². The van der Waals surface area contributed by atoms with Crippen molar-refractivity contribution >= 4 is 35.3 Å². The lowest BCUT2D eigenvalue weighted by molar-refractivity contribution is -0.132. The molecule has 8 heteroatoms. The third kappa shape index (κ3) is 5.34. The van der Waals surface area contributed by atoms with Crippen LogP contribution in [0, 0.1) is 0 Å². The number of hydrogen-bond donors (Lipinski definition) is 4. The normalized spacial score (nSPS) is 10.9. The maximum atomic E-state index is 12.5. The van der Waals surface area contributed by atoms with Crippen molar-refractivity contribution < 1.29 is 19.4 Å². The Bertz CT molecular complexity index is 947. The highest BCUT2D eigenvalue weighted by Gasteiger charge is 2.11. The summed E-state index contributed by atoms with van der Waals surface area (Å²) >= 11 is 0. The fourth-order valence-electron chi connectivity index (χ4n) is 2.48. The highest BCUT2D eigenvalue weighted by molar-refractivity contribution is 6.05. The SMILES string of the molecule is CCC(=Cc1ccc(NC(=O)c2cccc(N=C(N)N)c2)cc1OC)C(=O)O. The predicted molar refractivity (Wildman–Crippen MR) is 109 cm³/mol. The maximum absolute atomic E-state index is 12.5. The van der Waals surface area contributed by atoms with E-state index in [1.165, 1.54) is 7.11 Å². The van der Waals surface area contributed by atoms with Crippen LogP contribution in [0.25, 0.3) is 6.08 Å². The van der Waals surface area contributed by atoms with E-state index in [2.05, 4.69) is 10.3 Å². The molecule has 0 heterocycles. The average molecular weight is 382 g/mol. The summed E-state index contributed by atoms with van der Waals surface area (Å²) in [4.78, 5) is 27.6. The number of benzene rings is 2. The van der Waals surface area contributed by atoms with Crippen molar-refractivity contribution in [2.45, 2.75) is 13.3 Å². The van der Waals surface area contributed by atoms with E-state index in [1.54, 1.807) is 55.5 Å². The zero-order chi connectivity index (χ0) is 20.7. The van der Waals surface area contributed by atoms with Crippen molar-refractivity contribution in [2.24, 2.45) is 16.5 Å². The van der Waals surface area contributed by atoms with Crippen LogP contribution in [0.4, 0.5) is 11.4 Å². The van der Waals surface area contributed by atoms with Gasteiger partial charge < -0.3 is 26.6 Å². The van der Waals surface area contributed by atoms with Gasteiger partial charge in [0.15, 0.2) is 5.96 Å². The second kappa shape index (κ2) is 9.22. The topological polar surface area (TPSA) is 140 Å². The van der Waals surface area contributed by atoms with Gasteiger partial charge in [-0.15, -0.1) is 0 Å². The number of carboxylic acids is 1. The van der Waals surface area contributed by atoms with E-state index in [0.717, 1.165) is 0 Å². The lowest BCUT2D eigenvalue weighted by atomic mass is 10.1. The van der Waals surface area contributed by atoms with Crippen LogP contribution in [-0.2, 0) is 4.79 Å². The second-order valence-corrected chi connectivity index (χ2v) is 5.83. The molecule has 0 unspecified atom stereocenters. The minimum Gasteiger partial charge on any atom is -0.496 e. The van der Waals surface area contributed by atoms with Crippen molar-refractivity contribution in [1.82, 2.24) is 0 Å². The number of carboxylic acid groups (broad SMARTS) is 1. The molecular formula is C20H22N4O4. The molecule has 2 aromatic carbocycles. The first-order valence-corrected chi connectivity index (χ1v) is 8.47. The Morgan fingerprint density at radius 2 is 1.96 bits per heavy atom. The molecule has 2 rings (SSSR count). The number of rotatable bonds is 7. The zero-order valence-electron chi connectivity index (χ0n) is 15.6. The van der Waals surface area contributed by atoms with Crippen LogP contribution >= 0.6 is 0 Å². The monoisotopic (exact) mass is 382 g/mol. The van der Waals surface area contributed by atoms with Gasteiger partial charge in [-0.05, 0) is 42.8 Å². The molecule has 0 spiro atoms. The summed E-state index contributed by atoms with van der Waals surface area (Å²) in [5.74, 6) is -0.988. The molecule has 146 valence electrons. The minimum atomic E-state index is -0.984. The molecule has 6 N–H and O–H groups in total. The first-order valence-electron chi connectivity index (χ1n) is 8.47. The minimum absolute atomic E-state index is 0.0984. The number of aliphatic imine (C=N–C) groups is 1. The standard InChI is InChI=1S/C20H22N4O4/c1-3-12(19(26)27)9-13-7-8-16(11-17(13)28-2)23-18(25)14-5-4-6-15(10-14)24-20(21)22/h4-11H,3H2,1-2H3,(H,23,25)(H,26,27)(H4,21,22,24). The number of nitrogens with two attached hydrogens (primary N) is 2. The molecular weight excluding hydrogens is 360 g/mol. The molecule has 0 radical (unpaired) electrons. The third-order valence-electron chi connectivity index (χ3n) is 3.84. The van der Waals surface area contributed by atoms with Gasteiger partial charge in [0.25, 0.3) is 5.91 Å². The molecule has 0 atom stereocenters. The van der Waals surface area contributed by atoms with Crippen molar-refractivity contribution in [1.29, 1.82) is 0 Å². The van der Waals surface area contributed by atoms with Gasteiger partial charge in [-0.25, -0.2) is 9.79 Å². The van der Waals surface area contributed by atoms with Gasteiger partial charge in [-0.2, -0.15) is 0 Å². The Labute approximate surface area is 162 Å². The van der Waals surface area contributed by atoms with E-state index in [4.69, 9.17) is 16.2 Å². The Morgan fingerprint density at radius 3 is 2.57 bits per heavy atom. The second-order valence-electron chi connectivity index (χ2n) is 5.83. The molecule has 1 amide bonds. The van der Waals surface area contributed by atoms with Gasteiger partial charge in [-0.1, -0.05) is 13.0 Å². The number of hydrogen-bond acceptors (Lipinski definition) is 4. The highest BCUT2D eigenvalue weighted by Crippen LogP contribution is 2.26. The summed E-state index contributed by atoms with van der Waals surface area (Å²) in [6.45, 7) is 1.76. The molecule has 0 aromatic heterocycles. The van der Waals surface area contributed by atoms with Gasteiger partial charge in [0, 0.05) is 28.5 Å². The lowest BCUT2D eigenvalue weighted by Gasteiger charge is -2.11. The molecule has 8 nitrogen and oxygen atoms in total. The first-order chi connectivity index (χ1) is 13.3.